The maximum atomic E-state index is 13.2. The molecule has 1 aromatic carbocycles. The SMILES string of the molecule is Cc1ncoc1C(=O)N1CCCN(Cc2ccc(F)cc2)[C@@H](C(C)C)C1. The zero-order valence-corrected chi connectivity index (χ0v) is 15.6. The molecule has 1 aliphatic heterocycles. The molecule has 1 amide bonds. The van der Waals surface area contributed by atoms with Gasteiger partial charge in [-0.15, -0.1) is 0 Å². The molecule has 1 fully saturated rings. The standard InChI is InChI=1S/C20H26FN3O2/c1-14(2)18-12-24(20(25)19-15(3)22-13-26-19)10-4-9-23(18)11-16-5-7-17(21)8-6-16/h5-8,13-14,18H,4,9-12H2,1-3H3/t18-/m1/s1. The predicted octanol–water partition coefficient (Wildman–Crippen LogP) is 3.49. The number of rotatable bonds is 4. The van der Waals surface area contributed by atoms with Gasteiger partial charge in [-0.3, -0.25) is 9.69 Å². The largest absolute Gasteiger partial charge is 0.438 e. The summed E-state index contributed by atoms with van der Waals surface area (Å²) in [4.78, 5) is 21.1. The number of benzene rings is 1. The van der Waals surface area contributed by atoms with Crippen molar-refractivity contribution in [3.63, 3.8) is 0 Å². The topological polar surface area (TPSA) is 49.6 Å². The average Bonchev–Trinajstić information content (AvgIpc) is 2.92. The number of hydrogen-bond donors (Lipinski definition) is 0. The summed E-state index contributed by atoms with van der Waals surface area (Å²) < 4.78 is 18.5. The summed E-state index contributed by atoms with van der Waals surface area (Å²) in [5, 5.41) is 0. The summed E-state index contributed by atoms with van der Waals surface area (Å²) in [5.74, 6) is 0.415. The third kappa shape index (κ3) is 4.12. The van der Waals surface area contributed by atoms with E-state index in [9.17, 15) is 9.18 Å². The molecule has 1 aliphatic rings. The van der Waals surface area contributed by atoms with Gasteiger partial charge in [0.15, 0.2) is 6.39 Å². The Labute approximate surface area is 153 Å². The lowest BCUT2D eigenvalue weighted by Crippen LogP contribution is -2.45. The lowest BCUT2D eigenvalue weighted by Gasteiger charge is -2.34. The number of carbonyl (C=O) groups excluding carboxylic acids is 1. The van der Waals surface area contributed by atoms with Crippen molar-refractivity contribution < 1.29 is 13.6 Å². The van der Waals surface area contributed by atoms with Crippen LogP contribution in [0.4, 0.5) is 4.39 Å². The molecular weight excluding hydrogens is 333 g/mol. The first-order chi connectivity index (χ1) is 12.5. The molecule has 2 heterocycles. The molecule has 1 atom stereocenters. The van der Waals surface area contributed by atoms with E-state index in [1.165, 1.54) is 18.5 Å². The predicted molar refractivity (Wildman–Crippen MR) is 97.2 cm³/mol. The summed E-state index contributed by atoms with van der Waals surface area (Å²) in [5.41, 5.74) is 1.71. The highest BCUT2D eigenvalue weighted by molar-refractivity contribution is 5.92. The normalized spacial score (nSPS) is 19.0. The molecule has 1 saturated heterocycles. The van der Waals surface area contributed by atoms with Gasteiger partial charge < -0.3 is 9.32 Å². The molecule has 1 aromatic heterocycles. The number of amides is 1. The monoisotopic (exact) mass is 359 g/mol. The summed E-state index contributed by atoms with van der Waals surface area (Å²) in [6, 6.07) is 6.89. The zero-order valence-electron chi connectivity index (χ0n) is 15.6. The van der Waals surface area contributed by atoms with Crippen molar-refractivity contribution in [2.24, 2.45) is 5.92 Å². The minimum absolute atomic E-state index is 0.0886. The molecule has 5 nitrogen and oxygen atoms in total. The minimum Gasteiger partial charge on any atom is -0.438 e. The Morgan fingerprint density at radius 2 is 2.04 bits per heavy atom. The van der Waals surface area contributed by atoms with E-state index < -0.39 is 0 Å². The van der Waals surface area contributed by atoms with Crippen LogP contribution in [-0.4, -0.2) is 46.4 Å². The molecule has 26 heavy (non-hydrogen) atoms. The number of carbonyl (C=O) groups is 1. The van der Waals surface area contributed by atoms with Crippen LogP contribution in [0.2, 0.25) is 0 Å². The van der Waals surface area contributed by atoms with E-state index in [0.29, 0.717) is 30.5 Å². The molecule has 0 unspecified atom stereocenters. The van der Waals surface area contributed by atoms with E-state index in [-0.39, 0.29) is 17.8 Å². The van der Waals surface area contributed by atoms with Crippen LogP contribution in [0, 0.1) is 18.7 Å². The number of aromatic nitrogens is 1. The first-order valence-corrected chi connectivity index (χ1v) is 9.13. The highest BCUT2D eigenvalue weighted by Crippen LogP contribution is 2.22. The lowest BCUT2D eigenvalue weighted by atomic mass is 10.0. The van der Waals surface area contributed by atoms with Crippen LogP contribution in [0.5, 0.6) is 0 Å². The third-order valence-corrected chi connectivity index (χ3v) is 5.05. The second-order valence-corrected chi connectivity index (χ2v) is 7.28. The summed E-state index contributed by atoms with van der Waals surface area (Å²) in [6.07, 6.45) is 2.21. The Bertz CT molecular complexity index is 742. The number of aryl methyl sites for hydroxylation is 1. The maximum absolute atomic E-state index is 13.2. The van der Waals surface area contributed by atoms with E-state index in [1.54, 1.807) is 6.92 Å². The molecule has 0 bridgehead atoms. The Balaban J connectivity index is 1.76. The minimum atomic E-state index is -0.218. The van der Waals surface area contributed by atoms with Crippen LogP contribution >= 0.6 is 0 Å². The van der Waals surface area contributed by atoms with Crippen LogP contribution in [0.15, 0.2) is 35.1 Å². The number of oxazole rings is 1. The van der Waals surface area contributed by atoms with Crippen molar-refractivity contribution in [1.29, 1.82) is 0 Å². The van der Waals surface area contributed by atoms with Gasteiger partial charge in [-0.05, 0) is 37.0 Å². The fourth-order valence-corrected chi connectivity index (χ4v) is 3.55. The zero-order chi connectivity index (χ0) is 18.7. The van der Waals surface area contributed by atoms with Crippen LogP contribution in [0.1, 0.15) is 42.1 Å². The second-order valence-electron chi connectivity index (χ2n) is 7.28. The maximum Gasteiger partial charge on any atom is 0.291 e. The molecule has 0 aliphatic carbocycles. The molecule has 0 radical (unpaired) electrons. The molecule has 140 valence electrons. The van der Waals surface area contributed by atoms with Gasteiger partial charge in [-0.1, -0.05) is 26.0 Å². The number of halogens is 1. The van der Waals surface area contributed by atoms with Crippen molar-refractivity contribution in [3.8, 4) is 0 Å². The van der Waals surface area contributed by atoms with Crippen LogP contribution in [0.25, 0.3) is 0 Å². The smallest absolute Gasteiger partial charge is 0.291 e. The van der Waals surface area contributed by atoms with Gasteiger partial charge in [0.05, 0.1) is 5.69 Å². The van der Waals surface area contributed by atoms with E-state index in [2.05, 4.69) is 23.7 Å². The van der Waals surface area contributed by atoms with Crippen molar-refractivity contribution in [2.45, 2.75) is 39.8 Å². The van der Waals surface area contributed by atoms with E-state index in [0.717, 1.165) is 25.1 Å². The third-order valence-electron chi connectivity index (χ3n) is 5.05. The highest BCUT2D eigenvalue weighted by Gasteiger charge is 2.31. The van der Waals surface area contributed by atoms with Crippen LogP contribution in [0.3, 0.4) is 0 Å². The Kier molecular flexibility index (Phi) is 5.71. The van der Waals surface area contributed by atoms with Crippen molar-refractivity contribution in [2.75, 3.05) is 19.6 Å². The summed E-state index contributed by atoms with van der Waals surface area (Å²) >= 11 is 0. The lowest BCUT2D eigenvalue weighted by molar-refractivity contribution is 0.0670. The molecule has 0 spiro atoms. The average molecular weight is 359 g/mol. The molecule has 3 rings (SSSR count). The summed E-state index contributed by atoms with van der Waals surface area (Å²) in [6.45, 7) is 9.15. The van der Waals surface area contributed by atoms with Gasteiger partial charge in [-0.2, -0.15) is 0 Å². The second kappa shape index (κ2) is 7.99. The first-order valence-electron chi connectivity index (χ1n) is 9.13. The van der Waals surface area contributed by atoms with Gasteiger partial charge in [0.1, 0.15) is 5.82 Å². The molecule has 6 heteroatoms. The Morgan fingerprint density at radius 1 is 1.31 bits per heavy atom. The Hall–Kier alpha value is -2.21. The van der Waals surface area contributed by atoms with E-state index >= 15 is 0 Å². The highest BCUT2D eigenvalue weighted by atomic mass is 19.1. The van der Waals surface area contributed by atoms with Gasteiger partial charge in [-0.25, -0.2) is 9.37 Å². The van der Waals surface area contributed by atoms with Gasteiger partial charge in [0, 0.05) is 32.2 Å². The quantitative estimate of drug-likeness (QED) is 0.838. The summed E-state index contributed by atoms with van der Waals surface area (Å²) in [7, 11) is 0. The van der Waals surface area contributed by atoms with Crippen molar-refractivity contribution in [1.82, 2.24) is 14.8 Å². The van der Waals surface area contributed by atoms with E-state index in [1.807, 2.05) is 17.0 Å². The van der Waals surface area contributed by atoms with Gasteiger partial charge in [0.25, 0.3) is 5.91 Å². The van der Waals surface area contributed by atoms with Crippen LogP contribution in [-0.2, 0) is 6.54 Å². The molecule has 0 N–H and O–H groups in total. The molecule has 2 aromatic rings. The fourth-order valence-electron chi connectivity index (χ4n) is 3.55. The van der Waals surface area contributed by atoms with Gasteiger partial charge in [0.2, 0.25) is 5.76 Å². The Morgan fingerprint density at radius 3 is 2.65 bits per heavy atom. The van der Waals surface area contributed by atoms with Gasteiger partial charge >= 0.3 is 0 Å². The van der Waals surface area contributed by atoms with Crippen LogP contribution < -0.4 is 0 Å². The van der Waals surface area contributed by atoms with Crippen molar-refractivity contribution in [3.05, 3.63) is 53.5 Å². The molecule has 0 saturated carbocycles. The molecular formula is C20H26FN3O2. The fraction of sp³-hybridized carbons (Fsp3) is 0.500. The van der Waals surface area contributed by atoms with Crippen molar-refractivity contribution >= 4 is 5.91 Å². The first kappa shape index (κ1) is 18.6. The number of nitrogens with zero attached hydrogens (tertiary/aromatic N) is 3. The number of hydrogen-bond acceptors (Lipinski definition) is 4. The van der Waals surface area contributed by atoms with E-state index in [4.69, 9.17) is 4.42 Å².